The van der Waals surface area contributed by atoms with Crippen molar-refractivity contribution >= 4 is 17.1 Å². The van der Waals surface area contributed by atoms with Gasteiger partial charge < -0.3 is 19.3 Å². The van der Waals surface area contributed by atoms with E-state index in [1.54, 1.807) is 64.3 Å². The molecule has 0 radical (unpaired) electrons. The summed E-state index contributed by atoms with van der Waals surface area (Å²) in [4.78, 5) is 13.6. The first-order valence-corrected chi connectivity index (χ1v) is 11.1. The monoisotopic (exact) mass is 476 g/mol. The molecule has 1 heterocycles. The molecule has 2 N–H and O–H groups in total. The predicted molar refractivity (Wildman–Crippen MR) is 131 cm³/mol. The Morgan fingerprint density at radius 2 is 1.74 bits per heavy atom. The summed E-state index contributed by atoms with van der Waals surface area (Å²) in [5.41, 5.74) is 4.75. The standard InChI is InChI=1S/C26H28N4O5/c1-26(2,3)35-25(32)28-30-22-18(12-8-14-20(22)27-29-30)23(31)19-13-9-15-21(33-4)24(19)34-16-17-10-6-5-7-11-17/h5-15,23,31H,16H2,1-4H3,(H,28,32). The van der Waals surface area contributed by atoms with Crippen LogP contribution in [0.25, 0.3) is 11.0 Å². The summed E-state index contributed by atoms with van der Waals surface area (Å²) in [5.74, 6) is 0.908. The number of aromatic nitrogens is 3. The third-order valence-corrected chi connectivity index (χ3v) is 5.14. The summed E-state index contributed by atoms with van der Waals surface area (Å²) in [6.07, 6.45) is -1.82. The average molecular weight is 477 g/mol. The third-order valence-electron chi connectivity index (χ3n) is 5.14. The van der Waals surface area contributed by atoms with E-state index in [-0.39, 0.29) is 0 Å². The zero-order valence-electron chi connectivity index (χ0n) is 20.1. The van der Waals surface area contributed by atoms with Gasteiger partial charge in [-0.25, -0.2) is 10.2 Å². The number of carbonyl (C=O) groups is 1. The maximum atomic E-state index is 12.4. The number of carbonyl (C=O) groups excluding carboxylic acids is 1. The molecule has 1 amide bonds. The van der Waals surface area contributed by atoms with Crippen molar-refractivity contribution < 1.29 is 24.1 Å². The molecule has 1 aromatic heterocycles. The molecule has 182 valence electrons. The van der Waals surface area contributed by atoms with Crippen LogP contribution in [0.2, 0.25) is 0 Å². The maximum absolute atomic E-state index is 12.4. The first-order chi connectivity index (χ1) is 16.8. The summed E-state index contributed by atoms with van der Waals surface area (Å²) in [6, 6.07) is 20.3. The summed E-state index contributed by atoms with van der Waals surface area (Å²) in [5, 5.41) is 19.6. The number of nitrogens with zero attached hydrogens (tertiary/aromatic N) is 3. The van der Waals surface area contributed by atoms with Gasteiger partial charge in [0.05, 0.1) is 7.11 Å². The number of aliphatic hydroxyl groups is 1. The topological polar surface area (TPSA) is 108 Å². The molecule has 9 nitrogen and oxygen atoms in total. The van der Waals surface area contributed by atoms with Crippen molar-refractivity contribution in [2.75, 3.05) is 12.5 Å². The minimum Gasteiger partial charge on any atom is -0.493 e. The van der Waals surface area contributed by atoms with Crippen LogP contribution in [0, 0.1) is 0 Å². The Hall–Kier alpha value is -4.11. The Morgan fingerprint density at radius 3 is 2.46 bits per heavy atom. The number of amides is 1. The molecule has 0 spiro atoms. The molecule has 0 aliphatic carbocycles. The van der Waals surface area contributed by atoms with Crippen LogP contribution in [0.15, 0.2) is 66.7 Å². The van der Waals surface area contributed by atoms with Gasteiger partial charge in [-0.15, -0.1) is 9.89 Å². The fraction of sp³-hybridized carbons (Fsp3) is 0.269. The van der Waals surface area contributed by atoms with Crippen LogP contribution in [0.5, 0.6) is 11.5 Å². The minimum absolute atomic E-state index is 0.296. The van der Waals surface area contributed by atoms with Gasteiger partial charge in [-0.1, -0.05) is 54.6 Å². The fourth-order valence-corrected chi connectivity index (χ4v) is 3.64. The van der Waals surface area contributed by atoms with E-state index in [2.05, 4.69) is 15.7 Å². The smallest absolute Gasteiger partial charge is 0.428 e. The molecular formula is C26H28N4O5. The van der Waals surface area contributed by atoms with Crippen LogP contribution in [0.1, 0.15) is 43.6 Å². The molecule has 35 heavy (non-hydrogen) atoms. The van der Waals surface area contributed by atoms with Crippen LogP contribution < -0.4 is 14.9 Å². The van der Waals surface area contributed by atoms with E-state index in [1.807, 2.05) is 30.3 Å². The largest absolute Gasteiger partial charge is 0.493 e. The van der Waals surface area contributed by atoms with Crippen LogP contribution in [-0.4, -0.2) is 39.0 Å². The predicted octanol–water partition coefficient (Wildman–Crippen LogP) is 4.58. The first-order valence-electron chi connectivity index (χ1n) is 11.1. The number of rotatable bonds is 7. The molecule has 1 unspecified atom stereocenters. The molecule has 0 aliphatic heterocycles. The normalized spacial score (nSPS) is 12.3. The van der Waals surface area contributed by atoms with Crippen LogP contribution in [0.4, 0.5) is 4.79 Å². The van der Waals surface area contributed by atoms with Gasteiger partial charge in [0.25, 0.3) is 0 Å². The van der Waals surface area contributed by atoms with E-state index in [0.717, 1.165) is 5.56 Å². The summed E-state index contributed by atoms with van der Waals surface area (Å²) in [6.45, 7) is 5.59. The van der Waals surface area contributed by atoms with Crippen molar-refractivity contribution in [2.45, 2.75) is 39.1 Å². The Kier molecular flexibility index (Phi) is 6.88. The molecule has 0 saturated carbocycles. The molecule has 0 bridgehead atoms. The van der Waals surface area contributed by atoms with Crippen molar-refractivity contribution in [1.29, 1.82) is 0 Å². The second kappa shape index (κ2) is 10.0. The van der Waals surface area contributed by atoms with E-state index < -0.39 is 17.8 Å². The molecule has 3 aromatic carbocycles. The zero-order valence-corrected chi connectivity index (χ0v) is 20.1. The second-order valence-electron chi connectivity index (χ2n) is 8.89. The zero-order chi connectivity index (χ0) is 25.0. The summed E-state index contributed by atoms with van der Waals surface area (Å²) < 4.78 is 17.0. The molecule has 0 saturated heterocycles. The molecule has 4 rings (SSSR count). The van der Waals surface area contributed by atoms with Crippen LogP contribution in [0.3, 0.4) is 0 Å². The van der Waals surface area contributed by atoms with Crippen molar-refractivity contribution in [2.24, 2.45) is 0 Å². The van der Waals surface area contributed by atoms with E-state index in [1.165, 1.54) is 4.79 Å². The average Bonchev–Trinajstić information content (AvgIpc) is 3.24. The lowest BCUT2D eigenvalue weighted by Gasteiger charge is -2.21. The molecule has 0 fully saturated rings. The second-order valence-corrected chi connectivity index (χ2v) is 8.89. The van der Waals surface area contributed by atoms with Gasteiger partial charge in [0, 0.05) is 11.1 Å². The quantitative estimate of drug-likeness (QED) is 0.402. The third kappa shape index (κ3) is 5.52. The highest BCUT2D eigenvalue weighted by Gasteiger charge is 2.24. The minimum atomic E-state index is -1.13. The van der Waals surface area contributed by atoms with Crippen molar-refractivity contribution in [1.82, 2.24) is 15.1 Å². The van der Waals surface area contributed by atoms with Gasteiger partial charge in [0.2, 0.25) is 0 Å². The number of ether oxygens (including phenoxy) is 3. The molecule has 0 aliphatic rings. The summed E-state index contributed by atoms with van der Waals surface area (Å²) >= 11 is 0. The molecular weight excluding hydrogens is 448 g/mol. The van der Waals surface area contributed by atoms with E-state index >= 15 is 0 Å². The first kappa shape index (κ1) is 24.0. The molecule has 9 heteroatoms. The van der Waals surface area contributed by atoms with Gasteiger partial charge in [0.15, 0.2) is 11.5 Å². The lowest BCUT2D eigenvalue weighted by atomic mass is 9.99. The Morgan fingerprint density at radius 1 is 1.03 bits per heavy atom. The highest BCUT2D eigenvalue weighted by Crippen LogP contribution is 2.39. The molecule has 4 aromatic rings. The maximum Gasteiger partial charge on any atom is 0.428 e. The van der Waals surface area contributed by atoms with Gasteiger partial charge in [-0.3, -0.25) is 0 Å². The van der Waals surface area contributed by atoms with E-state index in [4.69, 9.17) is 14.2 Å². The Bertz CT molecular complexity index is 1310. The fourth-order valence-electron chi connectivity index (χ4n) is 3.64. The summed E-state index contributed by atoms with van der Waals surface area (Å²) in [7, 11) is 1.55. The van der Waals surface area contributed by atoms with Gasteiger partial charge in [-0.05, 0) is 43.7 Å². The number of benzene rings is 3. The number of para-hydroxylation sites is 2. The van der Waals surface area contributed by atoms with Crippen LogP contribution in [-0.2, 0) is 11.3 Å². The number of fused-ring (bicyclic) bond motifs is 1. The number of nitrogens with one attached hydrogen (secondary N) is 1. The van der Waals surface area contributed by atoms with Gasteiger partial charge in [0.1, 0.15) is 29.3 Å². The number of aliphatic hydroxyl groups excluding tert-OH is 1. The molecule has 1 atom stereocenters. The highest BCUT2D eigenvalue weighted by molar-refractivity contribution is 5.83. The lowest BCUT2D eigenvalue weighted by molar-refractivity contribution is 0.0610. The SMILES string of the molecule is COc1cccc(C(O)c2cccc3nnn(NC(=O)OC(C)(C)C)c23)c1OCc1ccccc1. The van der Waals surface area contributed by atoms with Gasteiger partial charge in [-0.2, -0.15) is 0 Å². The number of hydrogen-bond donors (Lipinski definition) is 2. The van der Waals surface area contributed by atoms with Crippen molar-refractivity contribution in [3.63, 3.8) is 0 Å². The van der Waals surface area contributed by atoms with E-state index in [9.17, 15) is 9.90 Å². The van der Waals surface area contributed by atoms with Crippen molar-refractivity contribution in [3.05, 3.63) is 83.4 Å². The van der Waals surface area contributed by atoms with E-state index in [0.29, 0.717) is 40.3 Å². The highest BCUT2D eigenvalue weighted by atomic mass is 16.6. The van der Waals surface area contributed by atoms with Crippen LogP contribution >= 0.6 is 0 Å². The number of hydrogen-bond acceptors (Lipinski definition) is 7. The van der Waals surface area contributed by atoms with Crippen molar-refractivity contribution in [3.8, 4) is 11.5 Å². The van der Waals surface area contributed by atoms with Gasteiger partial charge >= 0.3 is 6.09 Å². The number of methoxy groups -OCH3 is 1. The Balaban J connectivity index is 1.70. The lowest BCUT2D eigenvalue weighted by Crippen LogP contribution is -2.32. The Labute approximate surface area is 203 Å².